The van der Waals surface area contributed by atoms with E-state index >= 15 is 0 Å². The average Bonchev–Trinajstić information content (AvgIpc) is 2.06. The number of hydrogen-bond donors (Lipinski definition) is 0. The normalized spacial score (nSPS) is 11.5. The Bertz CT molecular complexity index is 385. The van der Waals surface area contributed by atoms with E-state index in [1.807, 2.05) is 22.6 Å². The van der Waals surface area contributed by atoms with Crippen LogP contribution in [-0.4, -0.2) is 5.78 Å². The number of ketones is 1. The van der Waals surface area contributed by atoms with Crippen molar-refractivity contribution in [1.82, 2.24) is 0 Å². The van der Waals surface area contributed by atoms with Gasteiger partial charge in [0.05, 0.1) is 5.56 Å². The van der Waals surface area contributed by atoms with Crippen LogP contribution in [0.2, 0.25) is 0 Å². The molecule has 0 N–H and O–H groups in total. The largest absolute Gasteiger partial charge is 0.416 e. The lowest BCUT2D eigenvalue weighted by molar-refractivity contribution is -0.137. The molecule has 0 bridgehead atoms. The highest BCUT2D eigenvalue weighted by Gasteiger charge is 2.30. The Morgan fingerprint density at radius 2 is 2.00 bits per heavy atom. The lowest BCUT2D eigenvalue weighted by Crippen LogP contribution is -2.07. The molecule has 0 radical (unpaired) electrons. The Kier molecular flexibility index (Phi) is 3.75. The number of alkyl halides is 3. The van der Waals surface area contributed by atoms with E-state index in [2.05, 4.69) is 0 Å². The summed E-state index contributed by atoms with van der Waals surface area (Å²) >= 11 is 1.92. The Morgan fingerprint density at radius 3 is 2.47 bits per heavy atom. The Morgan fingerprint density at radius 1 is 1.40 bits per heavy atom. The summed E-state index contributed by atoms with van der Waals surface area (Å²) in [5.41, 5.74) is -0.280. The van der Waals surface area contributed by atoms with Crippen molar-refractivity contribution in [3.63, 3.8) is 0 Å². The molecule has 5 heteroatoms. The van der Waals surface area contributed by atoms with E-state index in [1.165, 1.54) is 13.0 Å². The molecular formula is C10H8F3IO. The molecule has 1 rings (SSSR count). The van der Waals surface area contributed by atoms with Crippen LogP contribution >= 0.6 is 22.6 Å². The van der Waals surface area contributed by atoms with E-state index < -0.39 is 11.7 Å². The standard InChI is InChI=1S/C10H8F3IO/c1-6(15)4-7-5-8(10(11,12)13)2-3-9(7)14/h2-3,5H,4H2,1H3. The van der Waals surface area contributed by atoms with Crippen LogP contribution in [0.25, 0.3) is 0 Å². The fraction of sp³-hybridized carbons (Fsp3) is 0.300. The number of benzene rings is 1. The van der Waals surface area contributed by atoms with E-state index in [9.17, 15) is 18.0 Å². The molecule has 0 atom stereocenters. The van der Waals surface area contributed by atoms with Crippen LogP contribution < -0.4 is 0 Å². The van der Waals surface area contributed by atoms with E-state index in [1.54, 1.807) is 0 Å². The lowest BCUT2D eigenvalue weighted by Gasteiger charge is -2.09. The molecule has 15 heavy (non-hydrogen) atoms. The maximum absolute atomic E-state index is 12.3. The highest BCUT2D eigenvalue weighted by atomic mass is 127. The van der Waals surface area contributed by atoms with E-state index in [4.69, 9.17) is 0 Å². The predicted molar refractivity (Wildman–Crippen MR) is 58.5 cm³/mol. The van der Waals surface area contributed by atoms with Gasteiger partial charge in [0.1, 0.15) is 5.78 Å². The molecule has 0 aliphatic rings. The van der Waals surface area contributed by atoms with Gasteiger partial charge in [-0.15, -0.1) is 0 Å². The van der Waals surface area contributed by atoms with Gasteiger partial charge in [-0.25, -0.2) is 0 Å². The van der Waals surface area contributed by atoms with Gasteiger partial charge in [0.25, 0.3) is 0 Å². The van der Waals surface area contributed by atoms with E-state index in [0.29, 0.717) is 9.13 Å². The van der Waals surface area contributed by atoms with Gasteiger partial charge in [0.2, 0.25) is 0 Å². The van der Waals surface area contributed by atoms with Crippen LogP contribution in [0, 0.1) is 3.57 Å². The molecule has 0 aliphatic heterocycles. The van der Waals surface area contributed by atoms with Crippen LogP contribution in [-0.2, 0) is 17.4 Å². The summed E-state index contributed by atoms with van der Waals surface area (Å²) in [6.07, 6.45) is -4.31. The van der Waals surface area contributed by atoms with Crippen molar-refractivity contribution in [2.24, 2.45) is 0 Å². The first-order valence-electron chi connectivity index (χ1n) is 4.16. The summed E-state index contributed by atoms with van der Waals surface area (Å²) in [4.78, 5) is 10.8. The number of halogens is 4. The van der Waals surface area contributed by atoms with Crippen molar-refractivity contribution in [3.05, 3.63) is 32.9 Å². The van der Waals surface area contributed by atoms with Gasteiger partial charge >= 0.3 is 6.18 Å². The summed E-state index contributed by atoms with van der Waals surface area (Å²) in [7, 11) is 0. The Balaban J connectivity index is 3.11. The molecule has 0 saturated heterocycles. The summed E-state index contributed by atoms with van der Waals surface area (Å²) in [5, 5.41) is 0. The first kappa shape index (κ1) is 12.5. The van der Waals surface area contributed by atoms with Gasteiger partial charge < -0.3 is 0 Å². The molecule has 0 amide bonds. The van der Waals surface area contributed by atoms with Gasteiger partial charge in [-0.2, -0.15) is 13.2 Å². The number of Topliss-reactive ketones (excluding diaryl/α,β-unsaturated/α-hetero) is 1. The molecule has 0 saturated carbocycles. The minimum Gasteiger partial charge on any atom is -0.300 e. The smallest absolute Gasteiger partial charge is 0.300 e. The Labute approximate surface area is 98.8 Å². The minimum absolute atomic E-state index is 0.0438. The molecule has 0 spiro atoms. The maximum Gasteiger partial charge on any atom is 0.416 e. The zero-order valence-corrected chi connectivity index (χ0v) is 10.0. The Hall–Kier alpha value is -0.590. The van der Waals surface area contributed by atoms with Gasteiger partial charge in [-0.05, 0) is 53.3 Å². The minimum atomic E-state index is -4.35. The first-order valence-corrected chi connectivity index (χ1v) is 5.23. The second kappa shape index (κ2) is 4.51. The molecule has 0 heterocycles. The van der Waals surface area contributed by atoms with Crippen molar-refractivity contribution in [3.8, 4) is 0 Å². The third kappa shape index (κ3) is 3.48. The quantitative estimate of drug-likeness (QED) is 0.760. The topological polar surface area (TPSA) is 17.1 Å². The molecule has 82 valence electrons. The van der Waals surface area contributed by atoms with E-state index in [0.717, 1.165) is 12.1 Å². The highest BCUT2D eigenvalue weighted by Crippen LogP contribution is 2.31. The van der Waals surface area contributed by atoms with Gasteiger partial charge in [-0.3, -0.25) is 4.79 Å². The fourth-order valence-corrected chi connectivity index (χ4v) is 1.68. The van der Waals surface area contributed by atoms with Crippen molar-refractivity contribution in [1.29, 1.82) is 0 Å². The van der Waals surface area contributed by atoms with Crippen molar-refractivity contribution in [2.45, 2.75) is 19.5 Å². The fourth-order valence-electron chi connectivity index (χ4n) is 1.15. The molecule has 0 fully saturated rings. The van der Waals surface area contributed by atoms with Crippen LogP contribution in [0.3, 0.4) is 0 Å². The monoisotopic (exact) mass is 328 g/mol. The van der Waals surface area contributed by atoms with Crippen molar-refractivity contribution in [2.75, 3.05) is 0 Å². The molecular weight excluding hydrogens is 320 g/mol. The number of carbonyl (C=O) groups is 1. The van der Waals surface area contributed by atoms with Gasteiger partial charge in [-0.1, -0.05) is 0 Å². The second-order valence-electron chi connectivity index (χ2n) is 3.18. The molecule has 0 aromatic heterocycles. The average molecular weight is 328 g/mol. The van der Waals surface area contributed by atoms with Gasteiger partial charge in [0, 0.05) is 9.99 Å². The highest BCUT2D eigenvalue weighted by molar-refractivity contribution is 14.1. The zero-order valence-electron chi connectivity index (χ0n) is 7.86. The maximum atomic E-state index is 12.3. The van der Waals surface area contributed by atoms with Crippen molar-refractivity contribution >= 4 is 28.4 Å². The van der Waals surface area contributed by atoms with E-state index in [-0.39, 0.29) is 12.2 Å². The number of rotatable bonds is 2. The third-order valence-electron chi connectivity index (χ3n) is 1.81. The van der Waals surface area contributed by atoms with Crippen LogP contribution in [0.1, 0.15) is 18.1 Å². The molecule has 0 aliphatic carbocycles. The zero-order chi connectivity index (χ0) is 11.6. The van der Waals surface area contributed by atoms with Crippen LogP contribution in [0.5, 0.6) is 0 Å². The SMILES string of the molecule is CC(=O)Cc1cc(C(F)(F)F)ccc1I. The molecule has 0 unspecified atom stereocenters. The molecule has 1 nitrogen and oxygen atoms in total. The van der Waals surface area contributed by atoms with Crippen LogP contribution in [0.15, 0.2) is 18.2 Å². The van der Waals surface area contributed by atoms with Crippen molar-refractivity contribution < 1.29 is 18.0 Å². The van der Waals surface area contributed by atoms with Crippen LogP contribution in [0.4, 0.5) is 13.2 Å². The number of hydrogen-bond acceptors (Lipinski definition) is 1. The predicted octanol–water partition coefficient (Wildman–Crippen LogP) is 3.44. The second-order valence-corrected chi connectivity index (χ2v) is 4.34. The first-order chi connectivity index (χ1) is 6.80. The lowest BCUT2D eigenvalue weighted by atomic mass is 10.1. The molecule has 1 aromatic rings. The number of carbonyl (C=O) groups excluding carboxylic acids is 1. The summed E-state index contributed by atoms with van der Waals surface area (Å²) in [6.45, 7) is 1.36. The molecule has 1 aromatic carbocycles. The summed E-state index contributed by atoms with van der Waals surface area (Å²) in [5.74, 6) is -0.146. The summed E-state index contributed by atoms with van der Waals surface area (Å²) < 4.78 is 37.7. The third-order valence-corrected chi connectivity index (χ3v) is 2.86. The van der Waals surface area contributed by atoms with Gasteiger partial charge in [0.15, 0.2) is 0 Å². The summed E-state index contributed by atoms with van der Waals surface area (Å²) in [6, 6.07) is 3.43.